The van der Waals surface area contributed by atoms with E-state index in [2.05, 4.69) is 5.10 Å². The van der Waals surface area contributed by atoms with Gasteiger partial charge in [-0.3, -0.25) is 0 Å². The predicted octanol–water partition coefficient (Wildman–Crippen LogP) is 3.03. The zero-order valence-corrected chi connectivity index (χ0v) is 8.68. The maximum atomic E-state index is 13.3. The number of alkyl halides is 1. The number of rotatable bonds is 2. The third-order valence-electron chi connectivity index (χ3n) is 1.99. The van der Waals surface area contributed by atoms with Crippen LogP contribution in [-0.4, -0.2) is 9.78 Å². The molecule has 2 nitrogen and oxygen atoms in total. The smallest absolute Gasteiger partial charge is 0.154 e. The van der Waals surface area contributed by atoms with Gasteiger partial charge >= 0.3 is 0 Å². The van der Waals surface area contributed by atoms with Crippen LogP contribution < -0.4 is 0 Å². The molecular formula is C10H6ClF3N2. The summed E-state index contributed by atoms with van der Waals surface area (Å²) in [5.41, 5.74) is 0.0579. The summed E-state index contributed by atoms with van der Waals surface area (Å²) in [4.78, 5) is 0. The first-order valence-corrected chi connectivity index (χ1v) is 4.90. The van der Waals surface area contributed by atoms with E-state index in [9.17, 15) is 13.2 Å². The monoisotopic (exact) mass is 246 g/mol. The zero-order valence-electron chi connectivity index (χ0n) is 7.92. The van der Waals surface area contributed by atoms with E-state index >= 15 is 0 Å². The van der Waals surface area contributed by atoms with Gasteiger partial charge in [-0.25, -0.2) is 17.9 Å². The fraction of sp³-hybridized carbons (Fsp3) is 0.100. The highest BCUT2D eigenvalue weighted by molar-refractivity contribution is 6.16. The Morgan fingerprint density at radius 2 is 1.81 bits per heavy atom. The molecule has 0 fully saturated rings. The lowest BCUT2D eigenvalue weighted by Crippen LogP contribution is -2.03. The van der Waals surface area contributed by atoms with Crippen molar-refractivity contribution >= 4 is 11.6 Å². The quantitative estimate of drug-likeness (QED) is 0.745. The molecule has 6 heteroatoms. The van der Waals surface area contributed by atoms with E-state index in [1.165, 1.54) is 12.3 Å². The molecular weight excluding hydrogens is 241 g/mol. The third kappa shape index (κ3) is 1.90. The van der Waals surface area contributed by atoms with Crippen molar-refractivity contribution in [3.63, 3.8) is 0 Å². The van der Waals surface area contributed by atoms with Gasteiger partial charge in [0.15, 0.2) is 11.6 Å². The van der Waals surface area contributed by atoms with Gasteiger partial charge in [-0.2, -0.15) is 5.10 Å². The molecule has 1 aromatic heterocycles. The minimum atomic E-state index is -1.01. The lowest BCUT2D eigenvalue weighted by atomic mass is 10.3. The molecule has 0 radical (unpaired) electrons. The van der Waals surface area contributed by atoms with E-state index in [-0.39, 0.29) is 5.88 Å². The van der Waals surface area contributed by atoms with Crippen LogP contribution >= 0.6 is 11.6 Å². The first kappa shape index (κ1) is 11.0. The average molecular weight is 247 g/mol. The third-order valence-corrected chi connectivity index (χ3v) is 2.27. The van der Waals surface area contributed by atoms with Gasteiger partial charge in [-0.05, 0) is 6.07 Å². The van der Waals surface area contributed by atoms with Crippen molar-refractivity contribution in [2.45, 2.75) is 5.88 Å². The molecule has 0 atom stereocenters. The lowest BCUT2D eigenvalue weighted by molar-refractivity contribution is 0.528. The molecule has 16 heavy (non-hydrogen) atoms. The van der Waals surface area contributed by atoms with Crippen molar-refractivity contribution in [2.75, 3.05) is 0 Å². The molecule has 84 valence electrons. The van der Waals surface area contributed by atoms with Crippen molar-refractivity contribution in [2.24, 2.45) is 0 Å². The maximum absolute atomic E-state index is 13.3. The van der Waals surface area contributed by atoms with Crippen LogP contribution in [0.15, 0.2) is 24.4 Å². The van der Waals surface area contributed by atoms with E-state index < -0.39 is 23.1 Å². The lowest BCUT2D eigenvalue weighted by Gasteiger charge is -2.04. The highest BCUT2D eigenvalue weighted by atomic mass is 35.5. The number of benzene rings is 1. The fourth-order valence-electron chi connectivity index (χ4n) is 1.31. The summed E-state index contributed by atoms with van der Waals surface area (Å²) in [5.74, 6) is -2.86. The van der Waals surface area contributed by atoms with Crippen LogP contribution in [0.1, 0.15) is 5.69 Å². The Kier molecular flexibility index (Phi) is 2.87. The van der Waals surface area contributed by atoms with Crippen molar-refractivity contribution in [1.29, 1.82) is 0 Å². The number of hydrogen-bond donors (Lipinski definition) is 0. The van der Waals surface area contributed by atoms with Gasteiger partial charge in [0.05, 0.1) is 11.6 Å². The molecule has 0 saturated heterocycles. The van der Waals surface area contributed by atoms with Crippen molar-refractivity contribution in [3.05, 3.63) is 47.5 Å². The Labute approximate surface area is 94.3 Å². The second-order valence-corrected chi connectivity index (χ2v) is 3.37. The molecule has 0 bridgehead atoms. The van der Waals surface area contributed by atoms with Crippen LogP contribution in [0.2, 0.25) is 0 Å². The van der Waals surface area contributed by atoms with E-state index in [1.54, 1.807) is 0 Å². The Hall–Kier alpha value is -1.49. The van der Waals surface area contributed by atoms with Gasteiger partial charge in [0.2, 0.25) is 0 Å². The van der Waals surface area contributed by atoms with E-state index in [1.807, 2.05) is 0 Å². The minimum absolute atomic E-state index is 0.136. The van der Waals surface area contributed by atoms with E-state index in [0.717, 1.165) is 4.68 Å². The summed E-state index contributed by atoms with van der Waals surface area (Å²) in [7, 11) is 0. The van der Waals surface area contributed by atoms with Crippen LogP contribution in [0.5, 0.6) is 0 Å². The molecule has 0 unspecified atom stereocenters. The van der Waals surface area contributed by atoms with E-state index in [0.29, 0.717) is 17.8 Å². The first-order valence-electron chi connectivity index (χ1n) is 4.37. The van der Waals surface area contributed by atoms with Gasteiger partial charge in [-0.1, -0.05) is 0 Å². The average Bonchev–Trinajstić information content (AvgIpc) is 2.64. The number of halogens is 4. The first-order chi connectivity index (χ1) is 7.61. The number of hydrogen-bond acceptors (Lipinski definition) is 1. The van der Waals surface area contributed by atoms with Gasteiger partial charge in [-0.15, -0.1) is 11.6 Å². The van der Waals surface area contributed by atoms with Crippen LogP contribution in [-0.2, 0) is 5.88 Å². The molecule has 0 aliphatic rings. The maximum Gasteiger partial charge on any atom is 0.154 e. The summed E-state index contributed by atoms with van der Waals surface area (Å²) < 4.78 is 40.3. The van der Waals surface area contributed by atoms with Crippen LogP contribution in [0.3, 0.4) is 0 Å². The van der Waals surface area contributed by atoms with Crippen molar-refractivity contribution in [1.82, 2.24) is 9.78 Å². The molecule has 1 heterocycles. The molecule has 0 aliphatic heterocycles. The second kappa shape index (κ2) is 4.17. The highest BCUT2D eigenvalue weighted by Crippen LogP contribution is 2.19. The predicted molar refractivity (Wildman–Crippen MR) is 53.0 cm³/mol. The normalized spacial score (nSPS) is 10.8. The van der Waals surface area contributed by atoms with Gasteiger partial charge in [0, 0.05) is 18.3 Å². The standard InChI is InChI=1S/C10H6ClF3N2/c11-5-7-1-2-16(15-7)10-8(13)3-6(12)4-9(10)14/h1-4H,5H2. The van der Waals surface area contributed by atoms with E-state index in [4.69, 9.17) is 11.6 Å². The largest absolute Gasteiger partial charge is 0.235 e. The number of nitrogens with zero attached hydrogens (tertiary/aromatic N) is 2. The molecule has 0 aliphatic carbocycles. The highest BCUT2D eigenvalue weighted by Gasteiger charge is 2.14. The number of aromatic nitrogens is 2. The Morgan fingerprint density at radius 1 is 1.19 bits per heavy atom. The van der Waals surface area contributed by atoms with Gasteiger partial charge in [0.25, 0.3) is 0 Å². The van der Waals surface area contributed by atoms with Crippen LogP contribution in [0.4, 0.5) is 13.2 Å². The molecule has 0 spiro atoms. The van der Waals surface area contributed by atoms with Crippen LogP contribution in [0.25, 0.3) is 5.69 Å². The zero-order chi connectivity index (χ0) is 11.7. The summed E-state index contributed by atoms with van der Waals surface area (Å²) >= 11 is 5.51. The molecule has 2 rings (SSSR count). The molecule has 2 aromatic rings. The Balaban J connectivity index is 2.55. The summed E-state index contributed by atoms with van der Waals surface area (Å²) in [6.45, 7) is 0. The Bertz CT molecular complexity index is 502. The minimum Gasteiger partial charge on any atom is -0.235 e. The SMILES string of the molecule is Fc1cc(F)c(-n2ccc(CCl)n2)c(F)c1. The molecule has 1 aromatic carbocycles. The molecule has 0 amide bonds. The summed E-state index contributed by atoms with van der Waals surface area (Å²) in [6, 6.07) is 2.72. The topological polar surface area (TPSA) is 17.8 Å². The van der Waals surface area contributed by atoms with Gasteiger partial charge < -0.3 is 0 Å². The van der Waals surface area contributed by atoms with Gasteiger partial charge in [0.1, 0.15) is 11.5 Å². The van der Waals surface area contributed by atoms with Crippen molar-refractivity contribution < 1.29 is 13.2 Å². The van der Waals surface area contributed by atoms with Crippen LogP contribution in [0, 0.1) is 17.5 Å². The summed E-state index contributed by atoms with van der Waals surface area (Å²) in [6.07, 6.45) is 1.36. The van der Waals surface area contributed by atoms with Crippen molar-refractivity contribution in [3.8, 4) is 5.69 Å². The molecule has 0 saturated carbocycles. The second-order valence-electron chi connectivity index (χ2n) is 3.10. The fourth-order valence-corrected chi connectivity index (χ4v) is 1.45. The Morgan fingerprint density at radius 3 is 2.31 bits per heavy atom. The molecule has 0 N–H and O–H groups in total. The summed E-state index contributed by atoms with van der Waals surface area (Å²) in [5, 5.41) is 3.83.